The first kappa shape index (κ1) is 29.5. The lowest BCUT2D eigenvalue weighted by Crippen LogP contribution is -2.26. The largest absolute Gasteiger partial charge is 0.309 e. The molecule has 0 N–H and O–H groups in total. The first-order valence-corrected chi connectivity index (χ1v) is 18.0. The van der Waals surface area contributed by atoms with Crippen molar-refractivity contribution in [2.45, 2.75) is 0 Å². The van der Waals surface area contributed by atoms with E-state index in [9.17, 15) is 5.26 Å². The van der Waals surface area contributed by atoms with Gasteiger partial charge in [0.15, 0.2) is 12.8 Å². The van der Waals surface area contributed by atoms with E-state index < -0.39 is 7.14 Å². The average Bonchev–Trinajstić information content (AvgIpc) is 3.70. The van der Waals surface area contributed by atoms with Crippen LogP contribution in [0.3, 0.4) is 0 Å². The fraction of sp³-hybridized carbons (Fsp3) is 0. The van der Waals surface area contributed by atoms with E-state index in [-0.39, 0.29) is 0 Å². The fourth-order valence-corrected chi connectivity index (χ4v) is 10.6. The minimum atomic E-state index is -3.67. The molecule has 0 aliphatic rings. The molecule has 0 bridgehead atoms. The molecular formula is C44H27N4OP. The summed E-state index contributed by atoms with van der Waals surface area (Å²) in [6.07, 6.45) is 0. The molecule has 0 radical (unpaired) electrons. The Morgan fingerprint density at radius 3 is 1.56 bits per heavy atom. The van der Waals surface area contributed by atoms with Crippen LogP contribution in [0, 0.1) is 17.9 Å². The number of para-hydroxylation sites is 2. The number of fused-ring (bicyclic) bond motifs is 6. The van der Waals surface area contributed by atoms with Crippen LogP contribution in [-0.2, 0) is 4.57 Å². The van der Waals surface area contributed by atoms with Gasteiger partial charge in [0.1, 0.15) is 0 Å². The lowest BCUT2D eigenvalue weighted by atomic mass is 10.1. The maximum Gasteiger partial charge on any atom is 0.188 e. The number of hydrogen-bond donors (Lipinski definition) is 0. The van der Waals surface area contributed by atoms with Gasteiger partial charge in [0.25, 0.3) is 0 Å². The van der Waals surface area contributed by atoms with E-state index in [2.05, 4.69) is 56.4 Å². The van der Waals surface area contributed by atoms with E-state index in [1.54, 1.807) is 0 Å². The Morgan fingerprint density at radius 1 is 0.540 bits per heavy atom. The molecule has 234 valence electrons. The zero-order chi connectivity index (χ0) is 33.8. The lowest BCUT2D eigenvalue weighted by Gasteiger charge is -2.22. The quantitative estimate of drug-likeness (QED) is 0.137. The van der Waals surface area contributed by atoms with Crippen LogP contribution in [0.4, 0.5) is 5.69 Å². The van der Waals surface area contributed by atoms with Gasteiger partial charge >= 0.3 is 0 Å². The van der Waals surface area contributed by atoms with Gasteiger partial charge in [0.05, 0.1) is 40.3 Å². The minimum Gasteiger partial charge on any atom is -0.309 e. The number of nitriles is 1. The second kappa shape index (κ2) is 11.5. The van der Waals surface area contributed by atoms with Gasteiger partial charge in [-0.05, 0) is 72.1 Å². The van der Waals surface area contributed by atoms with Crippen molar-refractivity contribution in [1.82, 2.24) is 9.13 Å². The van der Waals surface area contributed by atoms with Crippen molar-refractivity contribution in [3.8, 4) is 17.4 Å². The molecule has 2 aromatic heterocycles. The third-order valence-corrected chi connectivity index (χ3v) is 12.7. The number of nitrogens with zero attached hydrogens (tertiary/aromatic N) is 4. The summed E-state index contributed by atoms with van der Waals surface area (Å²) in [5, 5.41) is 15.5. The maximum atomic E-state index is 16.8. The van der Waals surface area contributed by atoms with E-state index in [1.165, 1.54) is 0 Å². The SMILES string of the molecule is [C-]#[N+]c1ccc2c(c1)c1c(P(=O)(c3ccccc3)c3cccc4c3c3cc(C#N)ccc3n4-c3ccccc3)cccc1n2-c1ccccc1. The van der Waals surface area contributed by atoms with Crippen molar-refractivity contribution in [3.63, 3.8) is 0 Å². The molecule has 0 spiro atoms. The average molecular weight is 659 g/mol. The molecule has 1 unspecified atom stereocenters. The molecule has 7 aromatic carbocycles. The highest BCUT2D eigenvalue weighted by atomic mass is 31.2. The number of benzene rings is 7. The zero-order valence-corrected chi connectivity index (χ0v) is 27.6. The van der Waals surface area contributed by atoms with Crippen molar-refractivity contribution < 1.29 is 4.57 Å². The van der Waals surface area contributed by atoms with Crippen LogP contribution < -0.4 is 15.9 Å². The summed E-state index contributed by atoms with van der Waals surface area (Å²) in [4.78, 5) is 3.78. The van der Waals surface area contributed by atoms with Crippen LogP contribution >= 0.6 is 7.14 Å². The Balaban J connectivity index is 1.48. The Hall–Kier alpha value is -6.65. The normalized spacial score (nSPS) is 12.6. The molecule has 9 rings (SSSR count). The molecule has 0 aliphatic carbocycles. The van der Waals surface area contributed by atoms with Gasteiger partial charge in [-0.15, -0.1) is 0 Å². The van der Waals surface area contributed by atoms with Gasteiger partial charge in [0.2, 0.25) is 0 Å². The molecule has 0 saturated heterocycles. The van der Waals surface area contributed by atoms with Crippen molar-refractivity contribution in [3.05, 3.63) is 181 Å². The van der Waals surface area contributed by atoms with Gasteiger partial charge in [-0.3, -0.25) is 0 Å². The van der Waals surface area contributed by atoms with E-state index >= 15 is 4.57 Å². The summed E-state index contributed by atoms with van der Waals surface area (Å²) >= 11 is 0. The molecule has 5 nitrogen and oxygen atoms in total. The van der Waals surface area contributed by atoms with Crippen molar-refractivity contribution in [2.24, 2.45) is 0 Å². The van der Waals surface area contributed by atoms with Gasteiger partial charge < -0.3 is 13.7 Å². The molecule has 9 aromatic rings. The van der Waals surface area contributed by atoms with Crippen LogP contribution in [0.2, 0.25) is 0 Å². The Labute approximate surface area is 288 Å². The molecule has 2 heterocycles. The number of aromatic nitrogens is 2. The number of hydrogen-bond acceptors (Lipinski definition) is 2. The molecule has 50 heavy (non-hydrogen) atoms. The molecular weight excluding hydrogens is 631 g/mol. The highest BCUT2D eigenvalue weighted by molar-refractivity contribution is 7.86. The van der Waals surface area contributed by atoms with E-state index in [4.69, 9.17) is 6.57 Å². The zero-order valence-electron chi connectivity index (χ0n) is 26.7. The lowest BCUT2D eigenvalue weighted by molar-refractivity contribution is 0.593. The topological polar surface area (TPSA) is 55.1 Å². The monoisotopic (exact) mass is 658 g/mol. The molecule has 1 atom stereocenters. The predicted molar refractivity (Wildman–Crippen MR) is 205 cm³/mol. The second-order valence-electron chi connectivity index (χ2n) is 12.3. The Morgan fingerprint density at radius 2 is 1.04 bits per heavy atom. The van der Waals surface area contributed by atoms with Crippen LogP contribution in [0.25, 0.3) is 59.8 Å². The first-order chi connectivity index (χ1) is 24.6. The summed E-state index contributed by atoms with van der Waals surface area (Å²) in [5.41, 5.74) is 6.69. The van der Waals surface area contributed by atoms with Crippen LogP contribution in [0.1, 0.15) is 5.56 Å². The maximum absolute atomic E-state index is 16.8. The summed E-state index contributed by atoms with van der Waals surface area (Å²) in [5.74, 6) is 0. The standard InChI is InChI=1S/C44H27N4OP/c1-46-31-24-26-38-36(28-31)44-40(48(38)33-15-7-3-8-16-33)20-12-22-42(44)50(49,34-17-9-4-10-18-34)41-21-11-19-39-43(41)35-27-30(29-45)23-25-37(35)47(39)32-13-5-2-6-14-32/h2-28H. The molecule has 6 heteroatoms. The van der Waals surface area contributed by atoms with E-state index in [0.29, 0.717) is 27.2 Å². The van der Waals surface area contributed by atoms with Crippen molar-refractivity contribution in [2.75, 3.05) is 0 Å². The molecule has 0 fully saturated rings. The van der Waals surface area contributed by atoms with Crippen LogP contribution in [-0.4, -0.2) is 9.13 Å². The van der Waals surface area contributed by atoms with Crippen LogP contribution in [0.15, 0.2) is 164 Å². The van der Waals surface area contributed by atoms with Crippen molar-refractivity contribution in [1.29, 1.82) is 5.26 Å². The van der Waals surface area contributed by atoms with E-state index in [1.807, 2.05) is 127 Å². The summed E-state index contributed by atoms with van der Waals surface area (Å²) < 4.78 is 21.2. The smallest absolute Gasteiger partial charge is 0.188 e. The summed E-state index contributed by atoms with van der Waals surface area (Å²) in [6, 6.07) is 55.9. The van der Waals surface area contributed by atoms with Crippen LogP contribution in [0.5, 0.6) is 0 Å². The minimum absolute atomic E-state index is 0.519. The predicted octanol–water partition coefficient (Wildman–Crippen LogP) is 9.94. The molecule has 0 saturated carbocycles. The van der Waals surface area contributed by atoms with Crippen molar-refractivity contribution >= 4 is 72.4 Å². The van der Waals surface area contributed by atoms with Gasteiger partial charge in [-0.1, -0.05) is 97.1 Å². The molecule has 0 amide bonds. The molecule has 0 aliphatic heterocycles. The highest BCUT2D eigenvalue weighted by Gasteiger charge is 2.36. The number of rotatable bonds is 5. The summed E-state index contributed by atoms with van der Waals surface area (Å²) in [6.45, 7) is 7.86. The summed E-state index contributed by atoms with van der Waals surface area (Å²) in [7, 11) is -3.67. The van der Waals surface area contributed by atoms with Gasteiger partial charge in [-0.25, -0.2) is 4.85 Å². The third-order valence-electron chi connectivity index (χ3n) is 9.61. The second-order valence-corrected chi connectivity index (χ2v) is 15.0. The van der Waals surface area contributed by atoms with E-state index in [0.717, 1.165) is 55.0 Å². The highest BCUT2D eigenvalue weighted by Crippen LogP contribution is 2.49. The fourth-order valence-electron chi connectivity index (χ4n) is 7.51. The van der Waals surface area contributed by atoms with Gasteiger partial charge in [-0.2, -0.15) is 5.26 Å². The van der Waals surface area contributed by atoms with Gasteiger partial charge in [0, 0.05) is 43.4 Å². The first-order valence-electron chi connectivity index (χ1n) is 16.3. The Kier molecular flexibility index (Phi) is 6.78. The third kappa shape index (κ3) is 4.28. The Bertz CT molecular complexity index is 2730.